The molecule has 24 heavy (non-hydrogen) atoms. The van der Waals surface area contributed by atoms with Crippen LogP contribution in [-0.2, 0) is 13.0 Å². The third-order valence-electron chi connectivity index (χ3n) is 4.31. The van der Waals surface area contributed by atoms with Crippen LogP contribution in [0.15, 0.2) is 17.8 Å². The number of nitrogens with one attached hydrogen (secondary N) is 1. The average molecular weight is 345 g/mol. The van der Waals surface area contributed by atoms with E-state index >= 15 is 0 Å². The molecule has 2 aromatic heterocycles. The summed E-state index contributed by atoms with van der Waals surface area (Å²) in [4.78, 5) is 28.5. The molecule has 1 saturated heterocycles. The summed E-state index contributed by atoms with van der Waals surface area (Å²) < 4.78 is 0. The zero-order chi connectivity index (χ0) is 16.9. The van der Waals surface area contributed by atoms with Crippen molar-refractivity contribution >= 4 is 17.2 Å². The summed E-state index contributed by atoms with van der Waals surface area (Å²) >= 11 is 1.71. The summed E-state index contributed by atoms with van der Waals surface area (Å²) in [6.45, 7) is 5.03. The molecule has 3 rings (SSSR count). The normalized spacial score (nSPS) is 18.5. The molecule has 1 aliphatic rings. The number of amides is 1. The molecule has 1 fully saturated rings. The van der Waals surface area contributed by atoms with E-state index in [1.807, 2.05) is 24.7 Å². The first-order valence-electron chi connectivity index (χ1n) is 8.30. The minimum Gasteiger partial charge on any atom is -0.354 e. The van der Waals surface area contributed by atoms with Gasteiger partial charge in [0.05, 0.1) is 5.51 Å². The maximum Gasteiger partial charge on any atom is 0.269 e. The van der Waals surface area contributed by atoms with Crippen molar-refractivity contribution in [3.8, 4) is 0 Å². The van der Waals surface area contributed by atoms with E-state index in [9.17, 15) is 4.79 Å². The standard InChI is InChI=1S/C17H23N5OS/c1-12-20-14(7-16(21-12)17(23)18-2)6-13-4-3-5-22(9-13)10-15-8-19-11-24-15/h7-8,11,13H,3-6,9-10H2,1-2H3,(H,18,23)/t13-/m0/s1. The Kier molecular flexibility index (Phi) is 5.52. The van der Waals surface area contributed by atoms with Crippen molar-refractivity contribution < 1.29 is 4.79 Å². The second-order valence-corrected chi connectivity index (χ2v) is 7.26. The van der Waals surface area contributed by atoms with Crippen molar-refractivity contribution in [1.82, 2.24) is 25.2 Å². The number of nitrogens with zero attached hydrogens (tertiary/aromatic N) is 4. The van der Waals surface area contributed by atoms with Crippen molar-refractivity contribution in [2.45, 2.75) is 32.7 Å². The Bertz CT molecular complexity index is 688. The summed E-state index contributed by atoms with van der Waals surface area (Å²) in [5.41, 5.74) is 3.31. The van der Waals surface area contributed by atoms with E-state index in [0.717, 1.165) is 31.7 Å². The smallest absolute Gasteiger partial charge is 0.269 e. The molecule has 0 saturated carbocycles. The molecule has 7 heteroatoms. The van der Waals surface area contributed by atoms with E-state index in [-0.39, 0.29) is 5.91 Å². The molecule has 1 amide bonds. The van der Waals surface area contributed by atoms with E-state index in [0.29, 0.717) is 17.4 Å². The molecule has 1 atom stereocenters. The van der Waals surface area contributed by atoms with Crippen LogP contribution in [0.3, 0.4) is 0 Å². The molecule has 2 aromatic rings. The fourth-order valence-corrected chi connectivity index (χ4v) is 3.91. The molecule has 0 aromatic carbocycles. The number of piperidine rings is 1. The highest BCUT2D eigenvalue weighted by Crippen LogP contribution is 2.22. The van der Waals surface area contributed by atoms with Crippen LogP contribution < -0.4 is 5.32 Å². The van der Waals surface area contributed by atoms with Crippen LogP contribution in [0.4, 0.5) is 0 Å². The quantitative estimate of drug-likeness (QED) is 0.898. The van der Waals surface area contributed by atoms with Crippen LogP contribution in [-0.4, -0.2) is 45.9 Å². The van der Waals surface area contributed by atoms with Crippen LogP contribution in [0.25, 0.3) is 0 Å². The number of carbonyl (C=O) groups excluding carboxylic acids is 1. The third-order valence-corrected chi connectivity index (χ3v) is 5.08. The summed E-state index contributed by atoms with van der Waals surface area (Å²) in [7, 11) is 1.62. The van der Waals surface area contributed by atoms with Gasteiger partial charge >= 0.3 is 0 Å². The SMILES string of the molecule is CNC(=O)c1cc(C[C@@H]2CCCN(Cc3cncs3)C2)nc(C)n1. The van der Waals surface area contributed by atoms with E-state index in [4.69, 9.17) is 0 Å². The Labute approximate surface area is 146 Å². The first-order valence-corrected chi connectivity index (χ1v) is 9.18. The molecule has 3 heterocycles. The summed E-state index contributed by atoms with van der Waals surface area (Å²) in [5, 5.41) is 2.63. The van der Waals surface area contributed by atoms with Gasteiger partial charge in [0.2, 0.25) is 0 Å². The molecular weight excluding hydrogens is 322 g/mol. The van der Waals surface area contributed by atoms with Gasteiger partial charge in [-0.25, -0.2) is 9.97 Å². The second-order valence-electron chi connectivity index (χ2n) is 6.29. The van der Waals surface area contributed by atoms with Gasteiger partial charge in [0.25, 0.3) is 5.91 Å². The lowest BCUT2D eigenvalue weighted by atomic mass is 9.93. The Hall–Kier alpha value is -1.86. The molecule has 6 nitrogen and oxygen atoms in total. The molecule has 1 N–H and O–H groups in total. The molecule has 0 bridgehead atoms. The van der Waals surface area contributed by atoms with E-state index < -0.39 is 0 Å². The summed E-state index contributed by atoms with van der Waals surface area (Å²) in [6.07, 6.45) is 5.26. The topological polar surface area (TPSA) is 71.0 Å². The predicted molar refractivity (Wildman–Crippen MR) is 94.0 cm³/mol. The van der Waals surface area contributed by atoms with E-state index in [2.05, 4.69) is 25.2 Å². The average Bonchev–Trinajstić information content (AvgIpc) is 3.07. The zero-order valence-electron chi connectivity index (χ0n) is 14.2. The van der Waals surface area contributed by atoms with E-state index in [1.54, 1.807) is 18.4 Å². The highest BCUT2D eigenvalue weighted by atomic mass is 32.1. The maximum absolute atomic E-state index is 11.8. The monoisotopic (exact) mass is 345 g/mol. The van der Waals surface area contributed by atoms with Crippen molar-refractivity contribution in [3.05, 3.63) is 39.9 Å². The van der Waals surface area contributed by atoms with Crippen molar-refractivity contribution in [2.75, 3.05) is 20.1 Å². The predicted octanol–water partition coefficient (Wildman–Crippen LogP) is 2.06. The number of aryl methyl sites for hydroxylation is 1. The summed E-state index contributed by atoms with van der Waals surface area (Å²) in [6, 6.07) is 1.83. The highest BCUT2D eigenvalue weighted by Gasteiger charge is 2.22. The maximum atomic E-state index is 11.8. The van der Waals surface area contributed by atoms with Gasteiger partial charge in [0.1, 0.15) is 11.5 Å². The van der Waals surface area contributed by atoms with Crippen molar-refractivity contribution in [2.24, 2.45) is 5.92 Å². The Morgan fingerprint density at radius 2 is 2.33 bits per heavy atom. The van der Waals surface area contributed by atoms with Gasteiger partial charge in [-0.1, -0.05) is 0 Å². The molecule has 0 unspecified atom stereocenters. The Balaban J connectivity index is 1.64. The fraction of sp³-hybridized carbons (Fsp3) is 0.529. The molecule has 0 aliphatic carbocycles. The third kappa shape index (κ3) is 4.36. The number of hydrogen-bond donors (Lipinski definition) is 1. The molecule has 128 valence electrons. The first-order chi connectivity index (χ1) is 11.6. The lowest BCUT2D eigenvalue weighted by Gasteiger charge is -2.32. The van der Waals surface area contributed by atoms with Gasteiger partial charge in [0.15, 0.2) is 0 Å². The van der Waals surface area contributed by atoms with Crippen LogP contribution in [0, 0.1) is 12.8 Å². The van der Waals surface area contributed by atoms with Gasteiger partial charge < -0.3 is 5.32 Å². The zero-order valence-corrected chi connectivity index (χ0v) is 15.0. The molecular formula is C17H23N5OS. The number of likely N-dealkylation sites (tertiary alicyclic amines) is 1. The minimum absolute atomic E-state index is 0.155. The number of aromatic nitrogens is 3. The van der Waals surface area contributed by atoms with Gasteiger partial charge in [-0.05, 0) is 44.7 Å². The van der Waals surface area contributed by atoms with E-state index in [1.165, 1.54) is 17.7 Å². The lowest BCUT2D eigenvalue weighted by molar-refractivity contribution is 0.0957. The Morgan fingerprint density at radius 1 is 1.46 bits per heavy atom. The minimum atomic E-state index is -0.155. The molecule has 0 radical (unpaired) electrons. The van der Waals surface area contributed by atoms with Gasteiger partial charge in [0, 0.05) is 36.9 Å². The van der Waals surface area contributed by atoms with Crippen LogP contribution in [0.1, 0.15) is 39.7 Å². The lowest BCUT2D eigenvalue weighted by Crippen LogP contribution is -2.35. The first kappa shape index (κ1) is 17.0. The number of hydrogen-bond acceptors (Lipinski definition) is 6. The largest absolute Gasteiger partial charge is 0.354 e. The van der Waals surface area contributed by atoms with Gasteiger partial charge in [-0.2, -0.15) is 0 Å². The molecule has 0 spiro atoms. The summed E-state index contributed by atoms with van der Waals surface area (Å²) in [5.74, 6) is 1.07. The number of carbonyl (C=O) groups is 1. The number of rotatable bonds is 5. The van der Waals surface area contributed by atoms with Gasteiger partial charge in [-0.3, -0.25) is 14.7 Å². The molecule has 1 aliphatic heterocycles. The second kappa shape index (κ2) is 7.81. The van der Waals surface area contributed by atoms with Crippen LogP contribution in [0.5, 0.6) is 0 Å². The van der Waals surface area contributed by atoms with Crippen LogP contribution >= 0.6 is 11.3 Å². The number of thiazole rings is 1. The van der Waals surface area contributed by atoms with Crippen LogP contribution in [0.2, 0.25) is 0 Å². The Morgan fingerprint density at radius 3 is 3.08 bits per heavy atom. The fourth-order valence-electron chi connectivity index (χ4n) is 3.28. The highest BCUT2D eigenvalue weighted by molar-refractivity contribution is 7.09. The van der Waals surface area contributed by atoms with Crippen molar-refractivity contribution in [1.29, 1.82) is 0 Å². The van der Waals surface area contributed by atoms with Crippen molar-refractivity contribution in [3.63, 3.8) is 0 Å². The van der Waals surface area contributed by atoms with Gasteiger partial charge in [-0.15, -0.1) is 11.3 Å².